The van der Waals surface area contributed by atoms with Crippen molar-refractivity contribution in [2.45, 2.75) is 38.8 Å². The van der Waals surface area contributed by atoms with Crippen LogP contribution in [-0.2, 0) is 13.0 Å². The summed E-state index contributed by atoms with van der Waals surface area (Å²) in [5.41, 5.74) is 3.62. The monoisotopic (exact) mass is 353 g/mol. The van der Waals surface area contributed by atoms with Gasteiger partial charge in [-0.05, 0) is 25.0 Å². The topological polar surface area (TPSA) is 76.6 Å². The van der Waals surface area contributed by atoms with Crippen molar-refractivity contribution in [3.8, 4) is 5.75 Å². The van der Waals surface area contributed by atoms with Crippen molar-refractivity contribution in [2.75, 3.05) is 13.6 Å². The molecule has 0 saturated heterocycles. The van der Waals surface area contributed by atoms with Gasteiger partial charge in [-0.1, -0.05) is 19.1 Å². The highest BCUT2D eigenvalue weighted by Gasteiger charge is 2.38. The number of H-pyrrole nitrogens is 1. The van der Waals surface area contributed by atoms with Crippen molar-refractivity contribution in [1.29, 1.82) is 0 Å². The number of aromatic nitrogens is 1. The molecule has 0 saturated carbocycles. The lowest BCUT2D eigenvalue weighted by molar-refractivity contribution is 0.0669. The van der Waals surface area contributed by atoms with Gasteiger partial charge >= 0.3 is 0 Å². The summed E-state index contributed by atoms with van der Waals surface area (Å²) in [5, 5.41) is 10.1. The van der Waals surface area contributed by atoms with Crippen LogP contribution in [0.5, 0.6) is 5.75 Å². The molecule has 136 valence electrons. The van der Waals surface area contributed by atoms with Gasteiger partial charge in [0.15, 0.2) is 0 Å². The zero-order chi connectivity index (χ0) is 18.6. The highest BCUT2D eigenvalue weighted by atomic mass is 16.3. The Balaban J connectivity index is 1.68. The van der Waals surface area contributed by atoms with Gasteiger partial charge in [-0.25, -0.2) is 0 Å². The van der Waals surface area contributed by atoms with E-state index in [4.69, 9.17) is 0 Å². The first-order chi connectivity index (χ1) is 12.4. The standard InChI is InChI=1S/C20H23N3O3/c1-11-12(2)22(3)20(26)17-14(9-21-18(11)17)19(25)23-8-7-13-5-4-6-16(24)15(13)10-23/h4-6,9,11-12,21,24H,7-8,10H2,1-3H3. The lowest BCUT2D eigenvalue weighted by atomic mass is 9.89. The molecular weight excluding hydrogens is 330 g/mol. The number of rotatable bonds is 1. The Morgan fingerprint density at radius 2 is 2.08 bits per heavy atom. The van der Waals surface area contributed by atoms with E-state index < -0.39 is 0 Å². The van der Waals surface area contributed by atoms with Crippen LogP contribution in [0, 0.1) is 0 Å². The van der Waals surface area contributed by atoms with Gasteiger partial charge < -0.3 is 19.9 Å². The third-order valence-electron chi connectivity index (χ3n) is 6.00. The molecule has 0 radical (unpaired) electrons. The molecule has 2 N–H and O–H groups in total. The normalized spacial score (nSPS) is 22.2. The summed E-state index contributed by atoms with van der Waals surface area (Å²) in [7, 11) is 1.78. The van der Waals surface area contributed by atoms with Crippen molar-refractivity contribution < 1.29 is 14.7 Å². The number of carbonyl (C=O) groups excluding carboxylic acids is 2. The summed E-state index contributed by atoms with van der Waals surface area (Å²) in [6.45, 7) is 5.01. The zero-order valence-corrected chi connectivity index (χ0v) is 15.2. The second-order valence-corrected chi connectivity index (χ2v) is 7.33. The van der Waals surface area contributed by atoms with E-state index in [9.17, 15) is 14.7 Å². The SMILES string of the molecule is CC1c2[nH]cc(C(=O)N3CCc4cccc(O)c4C3)c2C(=O)N(C)C1C. The van der Waals surface area contributed by atoms with Crippen LogP contribution >= 0.6 is 0 Å². The van der Waals surface area contributed by atoms with E-state index in [1.165, 1.54) is 0 Å². The van der Waals surface area contributed by atoms with E-state index in [1.54, 1.807) is 29.1 Å². The molecule has 0 spiro atoms. The summed E-state index contributed by atoms with van der Waals surface area (Å²) >= 11 is 0. The zero-order valence-electron chi connectivity index (χ0n) is 15.2. The summed E-state index contributed by atoms with van der Waals surface area (Å²) in [6, 6.07) is 5.53. The van der Waals surface area contributed by atoms with Gasteiger partial charge in [0.1, 0.15) is 5.75 Å². The van der Waals surface area contributed by atoms with Crippen LogP contribution in [0.25, 0.3) is 0 Å². The molecule has 1 aromatic heterocycles. The number of phenols is 1. The van der Waals surface area contributed by atoms with E-state index in [2.05, 4.69) is 11.9 Å². The van der Waals surface area contributed by atoms with Crippen molar-refractivity contribution in [1.82, 2.24) is 14.8 Å². The molecule has 26 heavy (non-hydrogen) atoms. The van der Waals surface area contributed by atoms with Crippen LogP contribution in [0.4, 0.5) is 0 Å². The van der Waals surface area contributed by atoms with Crippen molar-refractivity contribution in [2.24, 2.45) is 0 Å². The summed E-state index contributed by atoms with van der Waals surface area (Å²) in [4.78, 5) is 32.5. The molecule has 2 aliphatic heterocycles. The van der Waals surface area contributed by atoms with Gasteiger partial charge in [0, 0.05) is 49.6 Å². The molecule has 2 aliphatic rings. The van der Waals surface area contributed by atoms with E-state index in [0.717, 1.165) is 16.8 Å². The molecule has 2 aromatic rings. The molecule has 0 bridgehead atoms. The molecule has 0 aliphatic carbocycles. The third-order valence-corrected chi connectivity index (χ3v) is 6.00. The first kappa shape index (κ1) is 16.7. The van der Waals surface area contributed by atoms with Gasteiger partial charge in [-0.3, -0.25) is 9.59 Å². The Hall–Kier alpha value is -2.76. The number of aromatic hydroxyl groups is 1. The smallest absolute Gasteiger partial charge is 0.256 e. The van der Waals surface area contributed by atoms with Gasteiger partial charge in [0.05, 0.1) is 11.1 Å². The minimum absolute atomic E-state index is 0.0791. The second-order valence-electron chi connectivity index (χ2n) is 7.33. The number of hydrogen-bond acceptors (Lipinski definition) is 3. The second kappa shape index (κ2) is 5.90. The molecule has 3 heterocycles. The van der Waals surface area contributed by atoms with Crippen molar-refractivity contribution in [3.63, 3.8) is 0 Å². The Morgan fingerprint density at radius 3 is 2.85 bits per heavy atom. The van der Waals surface area contributed by atoms with E-state index >= 15 is 0 Å². The quantitative estimate of drug-likeness (QED) is 0.827. The minimum Gasteiger partial charge on any atom is -0.508 e. The van der Waals surface area contributed by atoms with Crippen LogP contribution in [-0.4, -0.2) is 51.3 Å². The molecule has 1 aromatic carbocycles. The van der Waals surface area contributed by atoms with Crippen molar-refractivity contribution in [3.05, 3.63) is 52.3 Å². The number of benzene rings is 1. The minimum atomic E-state index is -0.167. The molecule has 2 unspecified atom stereocenters. The lowest BCUT2D eigenvalue weighted by Gasteiger charge is -2.35. The predicted molar refractivity (Wildman–Crippen MR) is 97.3 cm³/mol. The molecule has 0 fully saturated rings. The fraction of sp³-hybridized carbons (Fsp3) is 0.400. The number of amides is 2. The maximum atomic E-state index is 13.1. The number of hydrogen-bond donors (Lipinski definition) is 2. The average Bonchev–Trinajstić information content (AvgIpc) is 3.09. The van der Waals surface area contributed by atoms with Crippen LogP contribution in [0.1, 0.15) is 57.3 Å². The molecule has 2 atom stereocenters. The number of carbonyl (C=O) groups is 2. The van der Waals surface area contributed by atoms with Gasteiger partial charge in [-0.2, -0.15) is 0 Å². The number of nitrogens with zero attached hydrogens (tertiary/aromatic N) is 2. The molecule has 4 rings (SSSR count). The Morgan fingerprint density at radius 1 is 1.31 bits per heavy atom. The van der Waals surface area contributed by atoms with Crippen molar-refractivity contribution >= 4 is 11.8 Å². The molecular formula is C20H23N3O3. The van der Waals surface area contributed by atoms with Crippen LogP contribution in [0.2, 0.25) is 0 Å². The highest BCUT2D eigenvalue weighted by molar-refractivity contribution is 6.09. The molecule has 6 heteroatoms. The van der Waals surface area contributed by atoms with Gasteiger partial charge in [0.2, 0.25) is 0 Å². The first-order valence-corrected chi connectivity index (χ1v) is 8.97. The van der Waals surface area contributed by atoms with Crippen LogP contribution in [0.15, 0.2) is 24.4 Å². The Bertz CT molecular complexity index is 902. The molecule has 6 nitrogen and oxygen atoms in total. The fourth-order valence-electron chi connectivity index (χ4n) is 4.04. The number of phenolic OH excluding ortho intramolecular Hbond substituents is 1. The van der Waals surface area contributed by atoms with E-state index in [1.807, 2.05) is 19.1 Å². The maximum Gasteiger partial charge on any atom is 0.256 e. The van der Waals surface area contributed by atoms with Crippen LogP contribution < -0.4 is 0 Å². The van der Waals surface area contributed by atoms with Crippen LogP contribution in [0.3, 0.4) is 0 Å². The lowest BCUT2D eigenvalue weighted by Crippen LogP contribution is -2.44. The largest absolute Gasteiger partial charge is 0.508 e. The highest BCUT2D eigenvalue weighted by Crippen LogP contribution is 2.35. The van der Waals surface area contributed by atoms with E-state index in [-0.39, 0.29) is 29.5 Å². The maximum absolute atomic E-state index is 13.1. The average molecular weight is 353 g/mol. The Labute approximate surface area is 152 Å². The van der Waals surface area contributed by atoms with E-state index in [0.29, 0.717) is 30.6 Å². The number of likely N-dealkylation sites (N-methyl/N-ethyl adjacent to an activating group) is 1. The summed E-state index contributed by atoms with van der Waals surface area (Å²) < 4.78 is 0. The molecule has 2 amide bonds. The fourth-order valence-corrected chi connectivity index (χ4v) is 4.04. The van der Waals surface area contributed by atoms with Gasteiger partial charge in [0.25, 0.3) is 11.8 Å². The Kier molecular flexibility index (Phi) is 3.79. The number of fused-ring (bicyclic) bond motifs is 2. The summed E-state index contributed by atoms with van der Waals surface area (Å²) in [6.07, 6.45) is 2.36. The number of nitrogens with one attached hydrogen (secondary N) is 1. The third kappa shape index (κ3) is 2.32. The first-order valence-electron chi connectivity index (χ1n) is 8.97. The summed E-state index contributed by atoms with van der Waals surface area (Å²) in [5.74, 6) is 0.0742. The predicted octanol–water partition coefficient (Wildman–Crippen LogP) is 2.50. The van der Waals surface area contributed by atoms with Gasteiger partial charge in [-0.15, -0.1) is 0 Å². The number of aromatic amines is 1.